The summed E-state index contributed by atoms with van der Waals surface area (Å²) in [4.78, 5) is 23.9. The van der Waals surface area contributed by atoms with Crippen LogP contribution in [0.1, 0.15) is 25.7 Å². The fraction of sp³-hybridized carbons (Fsp3) is 0.636. The molecule has 1 atom stereocenters. The van der Waals surface area contributed by atoms with Crippen molar-refractivity contribution in [2.24, 2.45) is 5.92 Å². The topological polar surface area (TPSA) is 57.6 Å². The number of rotatable bonds is 3. The molecule has 0 saturated carbocycles. The van der Waals surface area contributed by atoms with Crippen LogP contribution in [0.5, 0.6) is 0 Å². The van der Waals surface area contributed by atoms with Gasteiger partial charge in [-0.15, -0.1) is 12.3 Å². The molecule has 82 valence electrons. The summed E-state index contributed by atoms with van der Waals surface area (Å²) in [6.45, 7) is 0.992. The number of carboxylic acid groups (broad SMARTS) is 1. The molecule has 1 amide bonds. The zero-order chi connectivity index (χ0) is 11.3. The first-order chi connectivity index (χ1) is 7.15. The van der Waals surface area contributed by atoms with Gasteiger partial charge in [-0.05, 0) is 12.8 Å². The van der Waals surface area contributed by atoms with E-state index in [-0.39, 0.29) is 5.91 Å². The van der Waals surface area contributed by atoms with Crippen LogP contribution in [0.4, 0.5) is 0 Å². The fourth-order valence-corrected chi connectivity index (χ4v) is 1.74. The van der Waals surface area contributed by atoms with E-state index < -0.39 is 11.9 Å². The lowest BCUT2D eigenvalue weighted by Gasteiger charge is -2.30. The monoisotopic (exact) mass is 209 g/mol. The number of amides is 1. The number of terminal acetylenes is 1. The van der Waals surface area contributed by atoms with Crippen LogP contribution >= 0.6 is 0 Å². The summed E-state index contributed by atoms with van der Waals surface area (Å²) in [6.07, 6.45) is 7.24. The zero-order valence-electron chi connectivity index (χ0n) is 8.61. The van der Waals surface area contributed by atoms with Crippen LogP contribution in [-0.2, 0) is 9.59 Å². The first-order valence-electron chi connectivity index (χ1n) is 5.09. The van der Waals surface area contributed by atoms with Gasteiger partial charge in [0.1, 0.15) is 0 Å². The molecule has 1 rings (SSSR count). The summed E-state index contributed by atoms with van der Waals surface area (Å²) >= 11 is 0. The van der Waals surface area contributed by atoms with E-state index in [4.69, 9.17) is 11.5 Å². The van der Waals surface area contributed by atoms with E-state index in [1.54, 1.807) is 4.90 Å². The number of carboxylic acids is 1. The molecule has 0 bridgehead atoms. The van der Waals surface area contributed by atoms with Crippen LogP contribution in [0.2, 0.25) is 0 Å². The number of hydrogen-bond donors (Lipinski definition) is 1. The van der Waals surface area contributed by atoms with Gasteiger partial charge in [0.2, 0.25) is 5.91 Å². The van der Waals surface area contributed by atoms with Crippen molar-refractivity contribution in [2.45, 2.75) is 25.7 Å². The van der Waals surface area contributed by atoms with Crippen LogP contribution in [0.25, 0.3) is 0 Å². The lowest BCUT2D eigenvalue weighted by molar-refractivity contribution is -0.145. The second kappa shape index (κ2) is 5.40. The highest BCUT2D eigenvalue weighted by molar-refractivity contribution is 5.78. The highest BCUT2D eigenvalue weighted by Gasteiger charge is 2.27. The number of piperidine rings is 1. The summed E-state index contributed by atoms with van der Waals surface area (Å²) in [5, 5.41) is 8.84. The second-order valence-corrected chi connectivity index (χ2v) is 3.72. The van der Waals surface area contributed by atoms with Crippen molar-refractivity contribution in [1.29, 1.82) is 0 Å². The smallest absolute Gasteiger partial charge is 0.308 e. The lowest BCUT2D eigenvalue weighted by atomic mass is 9.98. The fourth-order valence-electron chi connectivity index (χ4n) is 1.74. The van der Waals surface area contributed by atoms with Crippen molar-refractivity contribution < 1.29 is 14.7 Å². The summed E-state index contributed by atoms with van der Waals surface area (Å²) in [5.41, 5.74) is 0. The average molecular weight is 209 g/mol. The average Bonchev–Trinajstić information content (AvgIpc) is 2.26. The molecule has 1 heterocycles. The van der Waals surface area contributed by atoms with Crippen molar-refractivity contribution in [2.75, 3.05) is 13.1 Å². The summed E-state index contributed by atoms with van der Waals surface area (Å²) < 4.78 is 0. The maximum Gasteiger partial charge on any atom is 0.308 e. The number of carbonyl (C=O) groups excluding carboxylic acids is 1. The Bertz CT molecular complexity index is 293. The molecule has 0 radical (unpaired) electrons. The molecular formula is C11H15NO3. The Morgan fingerprint density at radius 3 is 2.87 bits per heavy atom. The molecule has 1 aliphatic rings. The molecule has 0 aromatic rings. The van der Waals surface area contributed by atoms with Gasteiger partial charge in [0.15, 0.2) is 0 Å². The first kappa shape index (κ1) is 11.6. The van der Waals surface area contributed by atoms with Gasteiger partial charge in [-0.1, -0.05) is 0 Å². The minimum atomic E-state index is -0.815. The number of aliphatic carboxylic acids is 1. The van der Waals surface area contributed by atoms with Gasteiger partial charge in [0.05, 0.1) is 5.92 Å². The predicted molar refractivity (Wildman–Crippen MR) is 55.0 cm³/mol. The van der Waals surface area contributed by atoms with Gasteiger partial charge in [0, 0.05) is 25.9 Å². The van der Waals surface area contributed by atoms with Crippen LogP contribution in [-0.4, -0.2) is 35.0 Å². The molecule has 0 spiro atoms. The largest absolute Gasteiger partial charge is 0.481 e. The van der Waals surface area contributed by atoms with Gasteiger partial charge in [-0.25, -0.2) is 0 Å². The second-order valence-electron chi connectivity index (χ2n) is 3.72. The number of carbonyl (C=O) groups is 2. The van der Waals surface area contributed by atoms with Gasteiger partial charge < -0.3 is 10.0 Å². The van der Waals surface area contributed by atoms with Crippen molar-refractivity contribution in [1.82, 2.24) is 4.90 Å². The third-order valence-electron chi connectivity index (χ3n) is 2.61. The lowest BCUT2D eigenvalue weighted by Crippen LogP contribution is -2.42. The standard InChI is InChI=1S/C11H15NO3/c1-2-3-6-10(13)12-7-4-5-9(8-12)11(14)15/h1,9H,3-8H2,(H,14,15)/t9-/m0/s1. The van der Waals surface area contributed by atoms with Gasteiger partial charge >= 0.3 is 5.97 Å². The third-order valence-corrected chi connectivity index (χ3v) is 2.61. The Morgan fingerprint density at radius 2 is 2.27 bits per heavy atom. The summed E-state index contributed by atoms with van der Waals surface area (Å²) in [7, 11) is 0. The van der Waals surface area contributed by atoms with E-state index in [0.29, 0.717) is 32.4 Å². The third kappa shape index (κ3) is 3.28. The number of nitrogens with zero attached hydrogens (tertiary/aromatic N) is 1. The Morgan fingerprint density at radius 1 is 1.53 bits per heavy atom. The first-order valence-corrected chi connectivity index (χ1v) is 5.09. The van der Waals surface area contributed by atoms with Crippen LogP contribution in [0.3, 0.4) is 0 Å². The minimum absolute atomic E-state index is 0.0288. The molecule has 0 aromatic carbocycles. The van der Waals surface area contributed by atoms with E-state index in [0.717, 1.165) is 6.42 Å². The molecule has 1 aliphatic heterocycles. The van der Waals surface area contributed by atoms with Crippen molar-refractivity contribution in [3.05, 3.63) is 0 Å². The minimum Gasteiger partial charge on any atom is -0.481 e. The molecule has 1 N–H and O–H groups in total. The molecule has 4 nitrogen and oxygen atoms in total. The SMILES string of the molecule is C#CCCC(=O)N1CCC[C@H](C(=O)O)C1. The molecule has 15 heavy (non-hydrogen) atoms. The molecule has 0 aromatic heterocycles. The van der Waals surface area contributed by atoms with Crippen molar-refractivity contribution >= 4 is 11.9 Å². The highest BCUT2D eigenvalue weighted by Crippen LogP contribution is 2.17. The van der Waals surface area contributed by atoms with Crippen LogP contribution in [0, 0.1) is 18.3 Å². The van der Waals surface area contributed by atoms with E-state index in [2.05, 4.69) is 5.92 Å². The maximum atomic E-state index is 11.6. The van der Waals surface area contributed by atoms with Crippen LogP contribution in [0.15, 0.2) is 0 Å². The molecular weight excluding hydrogens is 194 g/mol. The number of likely N-dealkylation sites (tertiary alicyclic amines) is 1. The number of hydrogen-bond acceptors (Lipinski definition) is 2. The van der Waals surface area contributed by atoms with E-state index in [1.165, 1.54) is 0 Å². The van der Waals surface area contributed by atoms with Crippen LogP contribution < -0.4 is 0 Å². The Hall–Kier alpha value is -1.50. The Balaban J connectivity index is 2.45. The van der Waals surface area contributed by atoms with Crippen molar-refractivity contribution in [3.63, 3.8) is 0 Å². The van der Waals surface area contributed by atoms with E-state index in [9.17, 15) is 9.59 Å². The highest BCUT2D eigenvalue weighted by atomic mass is 16.4. The predicted octanol–water partition coefficient (Wildman–Crippen LogP) is 0.723. The van der Waals surface area contributed by atoms with E-state index >= 15 is 0 Å². The maximum absolute atomic E-state index is 11.6. The van der Waals surface area contributed by atoms with Gasteiger partial charge in [0.25, 0.3) is 0 Å². The molecule has 1 fully saturated rings. The normalized spacial score (nSPS) is 20.7. The zero-order valence-corrected chi connectivity index (χ0v) is 8.61. The Labute approximate surface area is 89.3 Å². The molecule has 4 heteroatoms. The summed E-state index contributed by atoms with van der Waals surface area (Å²) in [5.74, 6) is 1.15. The molecule has 0 aliphatic carbocycles. The van der Waals surface area contributed by atoms with E-state index in [1.807, 2.05) is 0 Å². The van der Waals surface area contributed by atoms with Gasteiger partial charge in [-0.3, -0.25) is 9.59 Å². The molecule has 0 unspecified atom stereocenters. The quantitative estimate of drug-likeness (QED) is 0.697. The molecule has 1 saturated heterocycles. The van der Waals surface area contributed by atoms with Crippen molar-refractivity contribution in [3.8, 4) is 12.3 Å². The Kier molecular flexibility index (Phi) is 4.17. The van der Waals surface area contributed by atoms with Gasteiger partial charge in [-0.2, -0.15) is 0 Å². The summed E-state index contributed by atoms with van der Waals surface area (Å²) in [6, 6.07) is 0.